The minimum Gasteiger partial charge on any atom is -0.498 e. The third kappa shape index (κ3) is 30.1. The van der Waals surface area contributed by atoms with Gasteiger partial charge in [0, 0.05) is 0 Å². The molecule has 2 atom stereocenters. The van der Waals surface area contributed by atoms with Crippen LogP contribution in [-0.2, 0) is 23.1 Å². The molecule has 1 N–H and O–H groups in total. The minimum absolute atomic E-state index is 0.0911. The molecule has 0 saturated carbocycles. The summed E-state index contributed by atoms with van der Waals surface area (Å²) in [5.74, 6) is 0. The Morgan fingerprint density at radius 1 is 0.675 bits per heavy atom. The Hall–Kier alpha value is -0.850. The van der Waals surface area contributed by atoms with Crippen LogP contribution in [0.25, 0.3) is 0 Å². The molecule has 0 radical (unpaired) electrons. The highest BCUT2D eigenvalue weighted by Gasteiger charge is 2.25. The fraction of sp³-hybridized carbons (Fsp3) is 0.875. The highest BCUT2D eigenvalue weighted by atomic mass is 31.2. The number of nitrogens with zero attached hydrogens (tertiary/aromatic N) is 1. The zero-order valence-corrected chi connectivity index (χ0v) is 27.7. The predicted octanol–water partition coefficient (Wildman–Crippen LogP) is 9.32. The van der Waals surface area contributed by atoms with Gasteiger partial charge in [-0.2, -0.15) is 0 Å². The Morgan fingerprint density at radius 2 is 1.15 bits per heavy atom. The lowest BCUT2D eigenvalue weighted by Gasteiger charge is -2.24. The van der Waals surface area contributed by atoms with Gasteiger partial charge in [-0.15, -0.1) is 0 Å². The standard InChI is InChI=1S/C32H64NO6P/c1-6-8-10-12-14-16-18-20-22-24-27-36-30-32(31-39-40(34,35)38-29-26-33(3,4)5)37-28-25-23-21-19-17-15-13-11-9-7-2/h24-25,27-28,32H,6-23,26,29-31H2,1-5H3/p+1/t32-/m1/s1. The van der Waals surface area contributed by atoms with Crippen LogP contribution in [-0.4, -0.2) is 63.0 Å². The molecule has 8 heteroatoms. The van der Waals surface area contributed by atoms with Gasteiger partial charge in [0.1, 0.15) is 19.8 Å². The highest BCUT2D eigenvalue weighted by Crippen LogP contribution is 2.43. The Kier molecular flexibility index (Phi) is 26.4. The van der Waals surface area contributed by atoms with Crippen LogP contribution in [0.1, 0.15) is 129 Å². The van der Waals surface area contributed by atoms with E-state index < -0.39 is 13.9 Å². The summed E-state index contributed by atoms with van der Waals surface area (Å²) in [5, 5.41) is 0. The second-order valence-electron chi connectivity index (χ2n) is 12.0. The third-order valence-corrected chi connectivity index (χ3v) is 7.71. The largest absolute Gasteiger partial charge is 0.498 e. The van der Waals surface area contributed by atoms with Gasteiger partial charge in [0.2, 0.25) is 0 Å². The van der Waals surface area contributed by atoms with Crippen LogP contribution < -0.4 is 0 Å². The van der Waals surface area contributed by atoms with Crippen molar-refractivity contribution in [2.24, 2.45) is 0 Å². The van der Waals surface area contributed by atoms with Gasteiger partial charge in [-0.05, 0) is 37.8 Å². The molecule has 0 fully saturated rings. The fourth-order valence-electron chi connectivity index (χ4n) is 4.10. The van der Waals surface area contributed by atoms with Crippen molar-refractivity contribution >= 4 is 7.82 Å². The van der Waals surface area contributed by atoms with Crippen molar-refractivity contribution in [2.45, 2.75) is 136 Å². The molecule has 40 heavy (non-hydrogen) atoms. The van der Waals surface area contributed by atoms with Gasteiger partial charge in [0.05, 0.1) is 40.3 Å². The van der Waals surface area contributed by atoms with Gasteiger partial charge < -0.3 is 18.9 Å². The van der Waals surface area contributed by atoms with Gasteiger partial charge in [0.15, 0.2) is 6.10 Å². The molecule has 0 aliphatic rings. The Morgan fingerprint density at radius 3 is 1.65 bits per heavy atom. The van der Waals surface area contributed by atoms with E-state index in [0.29, 0.717) is 11.0 Å². The predicted molar refractivity (Wildman–Crippen MR) is 168 cm³/mol. The number of likely N-dealkylation sites (N-methyl/N-ethyl adjacent to an activating group) is 1. The van der Waals surface area contributed by atoms with Crippen molar-refractivity contribution in [3.8, 4) is 0 Å². The number of hydrogen-bond acceptors (Lipinski definition) is 5. The maximum atomic E-state index is 12.3. The minimum atomic E-state index is -4.16. The number of phosphoric acid groups is 1. The van der Waals surface area contributed by atoms with Crippen LogP contribution in [0, 0.1) is 0 Å². The molecule has 0 rings (SSSR count). The van der Waals surface area contributed by atoms with Gasteiger partial charge in [0.25, 0.3) is 0 Å². The lowest BCUT2D eigenvalue weighted by molar-refractivity contribution is -0.870. The molecular weight excluding hydrogens is 525 g/mol. The van der Waals surface area contributed by atoms with E-state index in [1.54, 1.807) is 12.5 Å². The van der Waals surface area contributed by atoms with E-state index in [-0.39, 0.29) is 19.8 Å². The first-order valence-electron chi connectivity index (χ1n) is 16.2. The summed E-state index contributed by atoms with van der Waals surface area (Å²) < 4.78 is 34.8. The van der Waals surface area contributed by atoms with Gasteiger partial charge in [-0.3, -0.25) is 9.05 Å². The monoisotopic (exact) mass is 590 g/mol. The van der Waals surface area contributed by atoms with Gasteiger partial charge in [-0.25, -0.2) is 4.57 Å². The van der Waals surface area contributed by atoms with E-state index in [0.717, 1.165) is 25.7 Å². The van der Waals surface area contributed by atoms with E-state index in [1.807, 2.05) is 33.3 Å². The van der Waals surface area contributed by atoms with Crippen molar-refractivity contribution < 1.29 is 32.5 Å². The summed E-state index contributed by atoms with van der Waals surface area (Å²) in [4.78, 5) is 10.1. The molecule has 0 amide bonds. The zero-order chi connectivity index (χ0) is 29.8. The van der Waals surface area contributed by atoms with Crippen LogP contribution in [0.2, 0.25) is 0 Å². The van der Waals surface area contributed by atoms with Gasteiger partial charge >= 0.3 is 7.82 Å². The Labute approximate surface area is 247 Å². The second-order valence-corrected chi connectivity index (χ2v) is 13.4. The SMILES string of the molecule is CCCCCCCCCCC=COC[C@H](COP(=O)(O)OCC[N+](C)(C)C)OC=CCCCCCCCCCC. The smallest absolute Gasteiger partial charge is 0.472 e. The average molecular weight is 591 g/mol. The molecule has 238 valence electrons. The number of rotatable bonds is 30. The molecule has 0 aliphatic heterocycles. The third-order valence-electron chi connectivity index (χ3n) is 6.73. The number of unbranched alkanes of at least 4 members (excludes halogenated alkanes) is 16. The van der Waals surface area contributed by atoms with Crippen molar-refractivity contribution in [1.82, 2.24) is 0 Å². The van der Waals surface area contributed by atoms with E-state index in [1.165, 1.54) is 89.9 Å². The maximum Gasteiger partial charge on any atom is 0.472 e. The van der Waals surface area contributed by atoms with Crippen LogP contribution >= 0.6 is 7.82 Å². The summed E-state index contributed by atoms with van der Waals surface area (Å²) in [6.07, 6.45) is 29.6. The van der Waals surface area contributed by atoms with Gasteiger partial charge in [-0.1, -0.05) is 104 Å². The first-order valence-corrected chi connectivity index (χ1v) is 17.7. The summed E-state index contributed by atoms with van der Waals surface area (Å²) in [5.41, 5.74) is 0. The number of phosphoric ester groups is 1. The van der Waals surface area contributed by atoms with E-state index in [2.05, 4.69) is 13.8 Å². The number of allylic oxidation sites excluding steroid dienone is 2. The molecule has 0 aliphatic carbocycles. The average Bonchev–Trinajstić information content (AvgIpc) is 2.89. The molecule has 0 bridgehead atoms. The number of ether oxygens (including phenoxy) is 2. The Bertz CT molecular complexity index is 650. The number of hydrogen-bond donors (Lipinski definition) is 1. The second kappa shape index (κ2) is 27.0. The zero-order valence-electron chi connectivity index (χ0n) is 26.8. The molecule has 0 heterocycles. The number of quaternary nitrogens is 1. The molecule has 0 aromatic carbocycles. The molecule has 0 saturated heterocycles. The van der Waals surface area contributed by atoms with E-state index in [9.17, 15) is 9.46 Å². The van der Waals surface area contributed by atoms with Crippen LogP contribution in [0.4, 0.5) is 0 Å². The summed E-state index contributed by atoms with van der Waals surface area (Å²) in [6, 6.07) is 0. The van der Waals surface area contributed by atoms with E-state index >= 15 is 0 Å². The summed E-state index contributed by atoms with van der Waals surface area (Å²) in [7, 11) is 1.83. The molecule has 1 unspecified atom stereocenters. The van der Waals surface area contributed by atoms with Crippen molar-refractivity contribution in [3.63, 3.8) is 0 Å². The normalized spacial score (nSPS) is 14.7. The first kappa shape index (κ1) is 39.1. The molecule has 7 nitrogen and oxygen atoms in total. The van der Waals surface area contributed by atoms with Crippen LogP contribution in [0.3, 0.4) is 0 Å². The summed E-state index contributed by atoms with van der Waals surface area (Å²) >= 11 is 0. The molecule has 0 spiro atoms. The van der Waals surface area contributed by atoms with E-state index in [4.69, 9.17) is 18.5 Å². The lowest BCUT2D eigenvalue weighted by atomic mass is 10.1. The molecule has 0 aromatic heterocycles. The highest BCUT2D eigenvalue weighted by molar-refractivity contribution is 7.47. The van der Waals surface area contributed by atoms with Crippen molar-refractivity contribution in [3.05, 3.63) is 24.7 Å². The van der Waals surface area contributed by atoms with Crippen LogP contribution in [0.15, 0.2) is 24.7 Å². The molecular formula is C32H65NO6P+. The van der Waals surface area contributed by atoms with Crippen molar-refractivity contribution in [2.75, 3.05) is 47.5 Å². The summed E-state index contributed by atoms with van der Waals surface area (Å²) in [6.45, 7) is 5.37. The topological polar surface area (TPSA) is 74.2 Å². The Balaban J connectivity index is 4.36. The molecule has 0 aromatic rings. The van der Waals surface area contributed by atoms with Crippen LogP contribution in [0.5, 0.6) is 0 Å². The fourth-order valence-corrected chi connectivity index (χ4v) is 4.84. The lowest BCUT2D eigenvalue weighted by Crippen LogP contribution is -2.37. The quantitative estimate of drug-likeness (QED) is 0.0389. The maximum absolute atomic E-state index is 12.3. The first-order chi connectivity index (χ1) is 19.2. The van der Waals surface area contributed by atoms with Crippen molar-refractivity contribution in [1.29, 1.82) is 0 Å².